The average molecular weight is 573 g/mol. The highest BCUT2D eigenvalue weighted by molar-refractivity contribution is 5.99. The molecular formula is C33H44N6O3. The van der Waals surface area contributed by atoms with E-state index in [0.717, 1.165) is 62.9 Å². The van der Waals surface area contributed by atoms with Gasteiger partial charge in [-0.15, -0.1) is 0 Å². The second-order valence-electron chi connectivity index (χ2n) is 12.8. The van der Waals surface area contributed by atoms with Crippen molar-refractivity contribution in [2.45, 2.75) is 90.0 Å². The van der Waals surface area contributed by atoms with Gasteiger partial charge in [-0.3, -0.25) is 14.2 Å². The van der Waals surface area contributed by atoms with E-state index in [1.807, 2.05) is 19.2 Å². The zero-order chi connectivity index (χ0) is 29.2. The van der Waals surface area contributed by atoms with Crippen LogP contribution < -0.4 is 10.9 Å². The van der Waals surface area contributed by atoms with Gasteiger partial charge in [0.1, 0.15) is 11.5 Å². The Morgan fingerprint density at radius 2 is 1.69 bits per heavy atom. The van der Waals surface area contributed by atoms with Crippen LogP contribution in [0.4, 0.5) is 11.8 Å². The topological polar surface area (TPSA) is 113 Å². The SMILES string of the molecule is CC(=O)c1c(C)c2cnc(Nc3ccc(C4CCN(CC5CCC(CO)CC5)CC4)cn3)nc2n(C2CCCC2)c1=O. The molecule has 3 fully saturated rings. The van der Waals surface area contributed by atoms with E-state index in [0.29, 0.717) is 41.4 Å². The molecule has 0 radical (unpaired) electrons. The maximum atomic E-state index is 13.5. The minimum absolute atomic E-state index is 0.0477. The summed E-state index contributed by atoms with van der Waals surface area (Å²) >= 11 is 0. The zero-order valence-corrected chi connectivity index (χ0v) is 25.0. The number of piperidine rings is 1. The van der Waals surface area contributed by atoms with Crippen LogP contribution in [0.1, 0.15) is 105 Å². The summed E-state index contributed by atoms with van der Waals surface area (Å²) < 4.78 is 1.74. The first kappa shape index (κ1) is 28.9. The number of aromatic nitrogens is 4. The van der Waals surface area contributed by atoms with Crippen LogP contribution in [0.5, 0.6) is 0 Å². The minimum Gasteiger partial charge on any atom is -0.396 e. The number of likely N-dealkylation sites (tertiary alicyclic amines) is 1. The highest BCUT2D eigenvalue weighted by Gasteiger charge is 2.27. The Kier molecular flexibility index (Phi) is 8.67. The first-order chi connectivity index (χ1) is 20.4. The zero-order valence-electron chi connectivity index (χ0n) is 25.0. The predicted octanol–water partition coefficient (Wildman–Crippen LogP) is 5.53. The maximum Gasteiger partial charge on any atom is 0.263 e. The molecule has 3 aromatic rings. The first-order valence-electron chi connectivity index (χ1n) is 15.9. The first-order valence-corrected chi connectivity index (χ1v) is 15.9. The van der Waals surface area contributed by atoms with Gasteiger partial charge in [-0.1, -0.05) is 18.9 Å². The smallest absolute Gasteiger partial charge is 0.263 e. The van der Waals surface area contributed by atoms with Crippen LogP contribution in [0, 0.1) is 18.8 Å². The number of pyridine rings is 2. The Balaban J connectivity index is 1.12. The molecule has 0 spiro atoms. The van der Waals surface area contributed by atoms with Crippen LogP contribution in [-0.4, -0.2) is 61.5 Å². The molecule has 3 aromatic heterocycles. The molecule has 4 heterocycles. The molecule has 9 heteroatoms. The van der Waals surface area contributed by atoms with E-state index < -0.39 is 0 Å². The molecule has 42 heavy (non-hydrogen) atoms. The molecule has 1 saturated heterocycles. The normalized spacial score (nSPS) is 22.5. The summed E-state index contributed by atoms with van der Waals surface area (Å²) in [7, 11) is 0. The van der Waals surface area contributed by atoms with Crippen molar-refractivity contribution >= 4 is 28.6 Å². The number of carbonyl (C=O) groups is 1. The lowest BCUT2D eigenvalue weighted by molar-refractivity contribution is 0.101. The average Bonchev–Trinajstić information content (AvgIpc) is 3.53. The van der Waals surface area contributed by atoms with Crippen molar-refractivity contribution in [3.63, 3.8) is 0 Å². The van der Waals surface area contributed by atoms with Crippen molar-refractivity contribution in [3.05, 3.63) is 51.6 Å². The second kappa shape index (κ2) is 12.6. The molecule has 6 rings (SSSR count). The Morgan fingerprint density at radius 1 is 0.976 bits per heavy atom. The van der Waals surface area contributed by atoms with Crippen molar-refractivity contribution in [2.24, 2.45) is 11.8 Å². The van der Waals surface area contributed by atoms with Gasteiger partial charge in [-0.25, -0.2) is 9.97 Å². The fourth-order valence-corrected chi connectivity index (χ4v) is 7.55. The van der Waals surface area contributed by atoms with Crippen molar-refractivity contribution in [1.82, 2.24) is 24.4 Å². The maximum absolute atomic E-state index is 13.5. The number of anilines is 2. The van der Waals surface area contributed by atoms with Crippen molar-refractivity contribution < 1.29 is 9.90 Å². The summed E-state index contributed by atoms with van der Waals surface area (Å²) in [4.78, 5) is 42.5. The summed E-state index contributed by atoms with van der Waals surface area (Å²) in [5, 5.41) is 13.4. The molecule has 2 saturated carbocycles. The number of Topliss-reactive ketones (excluding diaryl/α,β-unsaturated/α-hetero) is 1. The molecule has 224 valence electrons. The molecule has 1 aliphatic heterocycles. The quantitative estimate of drug-likeness (QED) is 0.339. The van der Waals surface area contributed by atoms with Gasteiger partial charge in [0.15, 0.2) is 5.78 Å². The van der Waals surface area contributed by atoms with Gasteiger partial charge in [-0.05, 0) is 113 Å². The number of aryl methyl sites for hydroxylation is 1. The van der Waals surface area contributed by atoms with Gasteiger partial charge in [0.05, 0.1) is 5.56 Å². The Bertz CT molecular complexity index is 1460. The molecule has 2 aliphatic carbocycles. The minimum atomic E-state index is -0.244. The number of nitrogens with zero attached hydrogens (tertiary/aromatic N) is 5. The largest absolute Gasteiger partial charge is 0.396 e. The molecule has 0 amide bonds. The Hall–Kier alpha value is -3.17. The fourth-order valence-electron chi connectivity index (χ4n) is 7.55. The molecule has 9 nitrogen and oxygen atoms in total. The van der Waals surface area contributed by atoms with E-state index in [1.165, 1.54) is 44.7 Å². The third-order valence-electron chi connectivity index (χ3n) is 10.1. The number of ketones is 1. The van der Waals surface area contributed by atoms with E-state index in [-0.39, 0.29) is 22.9 Å². The van der Waals surface area contributed by atoms with Gasteiger partial charge in [-0.2, -0.15) is 4.98 Å². The van der Waals surface area contributed by atoms with Gasteiger partial charge < -0.3 is 15.3 Å². The third kappa shape index (κ3) is 5.99. The number of nitrogens with one attached hydrogen (secondary N) is 1. The van der Waals surface area contributed by atoms with Crippen molar-refractivity contribution in [1.29, 1.82) is 0 Å². The number of carbonyl (C=O) groups excluding carboxylic acids is 1. The second-order valence-corrected chi connectivity index (χ2v) is 12.8. The van der Waals surface area contributed by atoms with E-state index in [1.54, 1.807) is 10.8 Å². The number of aliphatic hydroxyl groups is 1. The molecule has 0 atom stereocenters. The van der Waals surface area contributed by atoms with E-state index in [4.69, 9.17) is 9.97 Å². The van der Waals surface area contributed by atoms with Crippen LogP contribution in [-0.2, 0) is 0 Å². The van der Waals surface area contributed by atoms with Gasteiger partial charge in [0.25, 0.3) is 5.56 Å². The third-order valence-corrected chi connectivity index (χ3v) is 10.1. The summed E-state index contributed by atoms with van der Waals surface area (Å²) in [6.45, 7) is 7.06. The number of hydrogen-bond acceptors (Lipinski definition) is 8. The van der Waals surface area contributed by atoms with Crippen molar-refractivity contribution in [2.75, 3.05) is 31.6 Å². The Morgan fingerprint density at radius 3 is 2.33 bits per heavy atom. The molecule has 0 aromatic carbocycles. The van der Waals surface area contributed by atoms with Crippen molar-refractivity contribution in [3.8, 4) is 0 Å². The van der Waals surface area contributed by atoms with Crippen LogP contribution in [0.25, 0.3) is 11.0 Å². The van der Waals surface area contributed by atoms with Crippen LogP contribution in [0.2, 0.25) is 0 Å². The molecule has 3 aliphatic rings. The number of hydrogen-bond donors (Lipinski definition) is 2. The number of rotatable bonds is 8. The highest BCUT2D eigenvalue weighted by atomic mass is 16.3. The molecule has 0 unspecified atom stereocenters. The standard InChI is InChI=1S/C33H44N6O3/c1-21-28-18-35-33(37-31(28)39(27-5-3-4-6-27)32(42)30(21)22(2)41)36-29-12-11-26(17-34-29)25-13-15-38(16-14-25)19-23-7-9-24(20-40)10-8-23/h11-12,17-18,23-25,27,40H,3-10,13-16,19-20H2,1-2H3,(H,34,35,36,37). The van der Waals surface area contributed by atoms with Gasteiger partial charge in [0, 0.05) is 37.0 Å². The molecular weight excluding hydrogens is 528 g/mol. The molecule has 2 N–H and O–H groups in total. The van der Waals surface area contributed by atoms with Crippen LogP contribution in [0.15, 0.2) is 29.3 Å². The monoisotopic (exact) mass is 572 g/mol. The summed E-state index contributed by atoms with van der Waals surface area (Å²) in [5.74, 6) is 2.66. The van der Waals surface area contributed by atoms with Crippen LogP contribution in [0.3, 0.4) is 0 Å². The van der Waals surface area contributed by atoms with E-state index in [2.05, 4.69) is 21.3 Å². The lowest BCUT2D eigenvalue weighted by Crippen LogP contribution is -2.37. The summed E-state index contributed by atoms with van der Waals surface area (Å²) in [6.07, 6.45) is 14.8. The van der Waals surface area contributed by atoms with Gasteiger partial charge >= 0.3 is 0 Å². The highest BCUT2D eigenvalue weighted by Crippen LogP contribution is 2.34. The fraction of sp³-hybridized carbons (Fsp3) is 0.606. The van der Waals surface area contributed by atoms with Crippen LogP contribution >= 0.6 is 0 Å². The summed E-state index contributed by atoms with van der Waals surface area (Å²) in [5.41, 5.74) is 2.49. The lowest BCUT2D eigenvalue weighted by atomic mass is 9.81. The van der Waals surface area contributed by atoms with E-state index >= 15 is 0 Å². The molecule has 0 bridgehead atoms. The Labute approximate surface area is 247 Å². The number of aliphatic hydroxyl groups excluding tert-OH is 1. The lowest BCUT2D eigenvalue weighted by Gasteiger charge is -2.36. The number of fused-ring (bicyclic) bond motifs is 1. The van der Waals surface area contributed by atoms with Gasteiger partial charge in [0.2, 0.25) is 5.95 Å². The predicted molar refractivity (Wildman–Crippen MR) is 165 cm³/mol. The summed E-state index contributed by atoms with van der Waals surface area (Å²) in [6, 6.07) is 4.19. The van der Waals surface area contributed by atoms with E-state index in [9.17, 15) is 14.7 Å².